The van der Waals surface area contributed by atoms with Gasteiger partial charge in [0.15, 0.2) is 0 Å². The number of carbonyl (C=O) groups excluding carboxylic acids is 2. The van der Waals surface area contributed by atoms with Crippen LogP contribution in [0.1, 0.15) is 29.4 Å². The number of likely N-dealkylation sites (tertiary alicyclic amines) is 2. The molecule has 2 amide bonds. The van der Waals surface area contributed by atoms with E-state index in [2.05, 4.69) is 0 Å². The number of hydrogen-bond donors (Lipinski definition) is 0. The van der Waals surface area contributed by atoms with Crippen LogP contribution in [0.2, 0.25) is 0 Å². The Morgan fingerprint density at radius 2 is 1.79 bits per heavy atom. The normalized spacial score (nSPS) is 22.7. The van der Waals surface area contributed by atoms with Crippen LogP contribution < -0.4 is 4.74 Å². The van der Waals surface area contributed by atoms with Gasteiger partial charge in [-0.25, -0.2) is 0 Å². The van der Waals surface area contributed by atoms with Gasteiger partial charge in [-0.2, -0.15) is 0 Å². The van der Waals surface area contributed by atoms with Gasteiger partial charge in [0, 0.05) is 39.0 Å². The molecule has 0 aliphatic carbocycles. The van der Waals surface area contributed by atoms with E-state index < -0.39 is 0 Å². The van der Waals surface area contributed by atoms with E-state index in [0.717, 1.165) is 49.6 Å². The zero-order valence-corrected chi connectivity index (χ0v) is 17.6. The second-order valence-electron chi connectivity index (χ2n) is 8.08. The Kier molecular flexibility index (Phi) is 6.19. The van der Waals surface area contributed by atoms with Crippen LogP contribution in [0.3, 0.4) is 0 Å². The highest BCUT2D eigenvalue weighted by Gasteiger charge is 2.41. The Hall–Kier alpha value is -2.34. The average molecular weight is 413 g/mol. The van der Waals surface area contributed by atoms with Crippen LogP contribution in [0.4, 0.5) is 0 Å². The van der Waals surface area contributed by atoms with Crippen LogP contribution in [0, 0.1) is 17.8 Å². The molecule has 0 N–H and O–H groups in total. The smallest absolute Gasteiger partial charge is 0.263 e. The monoisotopic (exact) mass is 412 g/mol. The summed E-state index contributed by atoms with van der Waals surface area (Å²) in [6.07, 6.45) is 2.01. The van der Waals surface area contributed by atoms with Crippen molar-refractivity contribution in [2.75, 3.05) is 32.8 Å². The summed E-state index contributed by atoms with van der Waals surface area (Å²) in [6.45, 7) is 5.43. The molecule has 2 saturated heterocycles. The Balaban J connectivity index is 1.45. The first-order valence-electron chi connectivity index (χ1n) is 10.4. The predicted octanol–water partition coefficient (Wildman–Crippen LogP) is 3.77. The number of rotatable bonds is 5. The number of ether oxygens (including phenoxy) is 1. The minimum absolute atomic E-state index is 0.133. The quantitative estimate of drug-likeness (QED) is 0.751. The van der Waals surface area contributed by atoms with E-state index in [4.69, 9.17) is 4.74 Å². The molecule has 1 aromatic carbocycles. The van der Waals surface area contributed by atoms with E-state index in [1.165, 1.54) is 11.3 Å². The van der Waals surface area contributed by atoms with Gasteiger partial charge in [-0.05, 0) is 48.3 Å². The van der Waals surface area contributed by atoms with Crippen molar-refractivity contribution in [2.24, 2.45) is 17.8 Å². The highest BCUT2D eigenvalue weighted by molar-refractivity contribution is 7.12. The molecule has 3 heterocycles. The van der Waals surface area contributed by atoms with Crippen molar-refractivity contribution in [3.8, 4) is 5.75 Å². The van der Waals surface area contributed by atoms with E-state index in [1.54, 1.807) is 6.92 Å². The van der Waals surface area contributed by atoms with E-state index in [1.807, 2.05) is 57.6 Å². The lowest BCUT2D eigenvalue weighted by atomic mass is 9.78. The maximum Gasteiger partial charge on any atom is 0.263 e. The van der Waals surface area contributed by atoms with E-state index in [-0.39, 0.29) is 11.8 Å². The Labute approximate surface area is 176 Å². The van der Waals surface area contributed by atoms with Gasteiger partial charge in [0.25, 0.3) is 5.91 Å². The summed E-state index contributed by atoms with van der Waals surface area (Å²) in [5.74, 6) is 2.42. The molecule has 2 atom stereocenters. The fourth-order valence-electron chi connectivity index (χ4n) is 4.69. The van der Waals surface area contributed by atoms with Crippen LogP contribution in [0.5, 0.6) is 5.75 Å². The van der Waals surface area contributed by atoms with Crippen molar-refractivity contribution in [1.82, 2.24) is 9.80 Å². The molecule has 5 nitrogen and oxygen atoms in total. The molecule has 0 saturated carbocycles. The Morgan fingerprint density at radius 3 is 2.45 bits per heavy atom. The largest absolute Gasteiger partial charge is 0.493 e. The molecule has 2 fully saturated rings. The SMILES string of the molecule is CC(=O)N1CCC(C2CN(C(=O)c3cccs3)CC2COc2ccccc2)CC1. The first-order chi connectivity index (χ1) is 14.1. The van der Waals surface area contributed by atoms with Gasteiger partial charge in [-0.3, -0.25) is 9.59 Å². The van der Waals surface area contributed by atoms with Gasteiger partial charge in [-0.15, -0.1) is 11.3 Å². The minimum atomic E-state index is 0.133. The van der Waals surface area contributed by atoms with Crippen molar-refractivity contribution < 1.29 is 14.3 Å². The summed E-state index contributed by atoms with van der Waals surface area (Å²) in [4.78, 5) is 29.4. The first kappa shape index (κ1) is 20.0. The molecule has 1 aromatic heterocycles. The molecule has 0 spiro atoms. The third-order valence-electron chi connectivity index (χ3n) is 6.31. The number of benzene rings is 1. The molecule has 6 heteroatoms. The highest BCUT2D eigenvalue weighted by atomic mass is 32.1. The topological polar surface area (TPSA) is 49.9 Å². The number of para-hydroxylation sites is 1. The van der Waals surface area contributed by atoms with Crippen molar-refractivity contribution in [3.05, 3.63) is 52.7 Å². The van der Waals surface area contributed by atoms with Crippen LogP contribution in [0.25, 0.3) is 0 Å². The third kappa shape index (κ3) is 4.64. The van der Waals surface area contributed by atoms with Gasteiger partial charge in [0.05, 0.1) is 11.5 Å². The number of amides is 2. The summed E-state index contributed by atoms with van der Waals surface area (Å²) < 4.78 is 6.09. The number of nitrogens with zero attached hydrogens (tertiary/aromatic N) is 2. The van der Waals surface area contributed by atoms with E-state index in [9.17, 15) is 9.59 Å². The van der Waals surface area contributed by atoms with Gasteiger partial charge in [-0.1, -0.05) is 24.3 Å². The van der Waals surface area contributed by atoms with Gasteiger partial charge in [0.1, 0.15) is 5.75 Å². The maximum atomic E-state index is 12.9. The molecule has 154 valence electrons. The molecular formula is C23H28N2O3S. The lowest BCUT2D eigenvalue weighted by molar-refractivity contribution is -0.130. The molecule has 2 aliphatic rings. The maximum absolute atomic E-state index is 12.9. The molecule has 29 heavy (non-hydrogen) atoms. The molecule has 4 rings (SSSR count). The predicted molar refractivity (Wildman–Crippen MR) is 114 cm³/mol. The first-order valence-corrected chi connectivity index (χ1v) is 11.3. The molecule has 2 unspecified atom stereocenters. The Bertz CT molecular complexity index is 816. The van der Waals surface area contributed by atoms with Crippen LogP contribution in [-0.4, -0.2) is 54.4 Å². The highest BCUT2D eigenvalue weighted by Crippen LogP contribution is 2.37. The van der Waals surface area contributed by atoms with Gasteiger partial charge < -0.3 is 14.5 Å². The lowest BCUT2D eigenvalue weighted by Crippen LogP contribution is -2.40. The lowest BCUT2D eigenvalue weighted by Gasteiger charge is -2.36. The average Bonchev–Trinajstić information content (AvgIpc) is 3.43. The van der Waals surface area contributed by atoms with Crippen molar-refractivity contribution in [2.45, 2.75) is 19.8 Å². The zero-order chi connectivity index (χ0) is 20.2. The fraction of sp³-hybridized carbons (Fsp3) is 0.478. The summed E-state index contributed by atoms with van der Waals surface area (Å²) in [5, 5.41) is 1.95. The molecular weight excluding hydrogens is 384 g/mol. The Morgan fingerprint density at radius 1 is 1.03 bits per heavy atom. The second kappa shape index (κ2) is 8.99. The van der Waals surface area contributed by atoms with E-state index in [0.29, 0.717) is 24.4 Å². The van der Waals surface area contributed by atoms with Crippen LogP contribution >= 0.6 is 11.3 Å². The van der Waals surface area contributed by atoms with Crippen molar-refractivity contribution in [1.29, 1.82) is 0 Å². The van der Waals surface area contributed by atoms with Gasteiger partial charge >= 0.3 is 0 Å². The van der Waals surface area contributed by atoms with Crippen molar-refractivity contribution in [3.63, 3.8) is 0 Å². The number of hydrogen-bond acceptors (Lipinski definition) is 4. The standard InChI is InChI=1S/C23H28N2O3S/c1-17(26)24-11-9-18(10-12-24)21-15-25(23(27)22-8-5-13-29-22)14-19(21)16-28-20-6-3-2-4-7-20/h2-8,13,18-19,21H,9-12,14-16H2,1H3. The molecule has 2 aromatic rings. The van der Waals surface area contributed by atoms with Gasteiger partial charge in [0.2, 0.25) is 5.91 Å². The molecule has 0 radical (unpaired) electrons. The third-order valence-corrected chi connectivity index (χ3v) is 7.17. The zero-order valence-electron chi connectivity index (χ0n) is 16.8. The van der Waals surface area contributed by atoms with Crippen LogP contribution in [0.15, 0.2) is 47.8 Å². The number of carbonyl (C=O) groups is 2. The molecule has 0 bridgehead atoms. The summed E-state index contributed by atoms with van der Waals surface area (Å²) in [5.41, 5.74) is 0. The summed E-state index contributed by atoms with van der Waals surface area (Å²) in [6, 6.07) is 13.7. The molecule has 2 aliphatic heterocycles. The van der Waals surface area contributed by atoms with E-state index >= 15 is 0 Å². The van der Waals surface area contributed by atoms with Crippen LogP contribution in [-0.2, 0) is 4.79 Å². The second-order valence-corrected chi connectivity index (χ2v) is 9.03. The number of thiophene rings is 1. The summed E-state index contributed by atoms with van der Waals surface area (Å²) in [7, 11) is 0. The van der Waals surface area contributed by atoms with Crippen molar-refractivity contribution >= 4 is 23.2 Å². The summed E-state index contributed by atoms with van der Waals surface area (Å²) >= 11 is 1.50. The minimum Gasteiger partial charge on any atom is -0.493 e. The number of piperidine rings is 1. The fourth-order valence-corrected chi connectivity index (χ4v) is 5.38.